The highest BCUT2D eigenvalue weighted by atomic mass is 16.1. The van der Waals surface area contributed by atoms with Crippen LogP contribution in [0.25, 0.3) is 0 Å². The average molecular weight is 213 g/mol. The molecular weight excluding hydrogens is 186 g/mol. The van der Waals surface area contributed by atoms with Gasteiger partial charge in [0.15, 0.2) is 0 Å². The predicted octanol–water partition coefficient (Wildman–Crippen LogP) is 3.15. The van der Waals surface area contributed by atoms with Gasteiger partial charge >= 0.3 is 0 Å². The number of ketones is 1. The van der Waals surface area contributed by atoms with Crippen LogP contribution in [0, 0.1) is 11.8 Å². The Balaban J connectivity index is 3.63. The van der Waals surface area contributed by atoms with Crippen LogP contribution in [0.5, 0.6) is 0 Å². The molecule has 0 aliphatic heterocycles. The molecule has 0 bridgehead atoms. The van der Waals surface area contributed by atoms with Gasteiger partial charge in [0, 0.05) is 18.9 Å². The summed E-state index contributed by atoms with van der Waals surface area (Å²) in [4.78, 5) is 11.8. The fraction of sp³-hybridized carbons (Fsp3) is 0.923. The summed E-state index contributed by atoms with van der Waals surface area (Å²) in [7, 11) is 0. The summed E-state index contributed by atoms with van der Waals surface area (Å²) in [5.41, 5.74) is 5.61. The van der Waals surface area contributed by atoms with Crippen LogP contribution in [-0.4, -0.2) is 12.3 Å². The summed E-state index contributed by atoms with van der Waals surface area (Å²) in [6, 6.07) is 0. The number of hydrogen-bond donors (Lipinski definition) is 1. The van der Waals surface area contributed by atoms with Crippen LogP contribution in [0.3, 0.4) is 0 Å². The van der Waals surface area contributed by atoms with Crippen molar-refractivity contribution >= 4 is 5.78 Å². The van der Waals surface area contributed by atoms with E-state index in [0.717, 1.165) is 12.8 Å². The summed E-state index contributed by atoms with van der Waals surface area (Å²) in [6.07, 6.45) is 6.77. The van der Waals surface area contributed by atoms with Crippen LogP contribution >= 0.6 is 0 Å². The molecule has 15 heavy (non-hydrogen) atoms. The summed E-state index contributed by atoms with van der Waals surface area (Å²) >= 11 is 0. The zero-order valence-corrected chi connectivity index (χ0v) is 10.6. The number of hydrogen-bond acceptors (Lipinski definition) is 2. The predicted molar refractivity (Wildman–Crippen MR) is 65.8 cm³/mol. The van der Waals surface area contributed by atoms with E-state index in [1.165, 1.54) is 25.7 Å². The zero-order chi connectivity index (χ0) is 11.7. The lowest BCUT2D eigenvalue weighted by molar-refractivity contribution is -0.123. The Morgan fingerprint density at radius 1 is 1.13 bits per heavy atom. The Hall–Kier alpha value is -0.370. The third kappa shape index (κ3) is 6.67. The van der Waals surface area contributed by atoms with E-state index in [9.17, 15) is 4.79 Å². The summed E-state index contributed by atoms with van der Waals surface area (Å²) < 4.78 is 0. The zero-order valence-electron chi connectivity index (χ0n) is 10.6. The number of unbranched alkanes of at least 4 members (excludes halogenated alkanes) is 4. The minimum Gasteiger partial charge on any atom is -0.330 e. The number of nitrogens with two attached hydrogens (primary N) is 1. The molecule has 0 rings (SSSR count). The van der Waals surface area contributed by atoms with E-state index in [2.05, 4.69) is 20.8 Å². The molecule has 0 saturated carbocycles. The Morgan fingerprint density at radius 3 is 2.20 bits per heavy atom. The molecule has 0 aliphatic rings. The van der Waals surface area contributed by atoms with Gasteiger partial charge in [-0.05, 0) is 12.3 Å². The molecule has 1 unspecified atom stereocenters. The first-order valence-corrected chi connectivity index (χ1v) is 6.36. The Labute approximate surface area is 94.6 Å². The molecule has 2 heteroatoms. The highest BCUT2D eigenvalue weighted by Crippen LogP contribution is 2.15. The van der Waals surface area contributed by atoms with Crippen molar-refractivity contribution in [3.05, 3.63) is 0 Å². The molecule has 0 heterocycles. The molecule has 90 valence electrons. The first kappa shape index (κ1) is 14.6. The van der Waals surface area contributed by atoms with Crippen LogP contribution < -0.4 is 5.73 Å². The van der Waals surface area contributed by atoms with Gasteiger partial charge in [-0.25, -0.2) is 0 Å². The van der Waals surface area contributed by atoms with Gasteiger partial charge in [0.1, 0.15) is 5.78 Å². The monoisotopic (exact) mass is 213 g/mol. The molecule has 2 nitrogen and oxygen atoms in total. The van der Waals surface area contributed by atoms with Crippen molar-refractivity contribution in [2.24, 2.45) is 17.6 Å². The molecule has 0 spiro atoms. The summed E-state index contributed by atoms with van der Waals surface area (Å²) in [5, 5.41) is 0. The second-order valence-electron chi connectivity index (χ2n) is 4.72. The second kappa shape index (κ2) is 8.90. The van der Waals surface area contributed by atoms with E-state index in [-0.39, 0.29) is 5.92 Å². The van der Waals surface area contributed by atoms with Crippen LogP contribution in [0.1, 0.15) is 59.3 Å². The Kier molecular flexibility index (Phi) is 8.68. The fourth-order valence-corrected chi connectivity index (χ4v) is 1.86. The van der Waals surface area contributed by atoms with Crippen molar-refractivity contribution in [3.63, 3.8) is 0 Å². The lowest BCUT2D eigenvalue weighted by Gasteiger charge is -2.17. The molecule has 0 amide bonds. The molecule has 0 aromatic heterocycles. The maximum atomic E-state index is 11.8. The lowest BCUT2D eigenvalue weighted by atomic mass is 9.89. The smallest absolute Gasteiger partial charge is 0.137 e. The van der Waals surface area contributed by atoms with Gasteiger partial charge < -0.3 is 5.73 Å². The quantitative estimate of drug-likeness (QED) is 0.598. The van der Waals surface area contributed by atoms with E-state index in [1.54, 1.807) is 0 Å². The van der Waals surface area contributed by atoms with Gasteiger partial charge in [-0.2, -0.15) is 0 Å². The molecule has 0 aliphatic carbocycles. The minimum atomic E-state index is 0.0798. The molecule has 2 N–H and O–H groups in total. The van der Waals surface area contributed by atoms with E-state index in [0.29, 0.717) is 18.2 Å². The lowest BCUT2D eigenvalue weighted by Crippen LogP contribution is -2.28. The van der Waals surface area contributed by atoms with Crippen LogP contribution in [0.15, 0.2) is 0 Å². The fourth-order valence-electron chi connectivity index (χ4n) is 1.86. The molecule has 0 saturated heterocycles. The number of carbonyl (C=O) groups excluding carboxylic acids is 1. The van der Waals surface area contributed by atoms with Crippen molar-refractivity contribution in [1.29, 1.82) is 0 Å². The van der Waals surface area contributed by atoms with Gasteiger partial charge in [0.05, 0.1) is 0 Å². The van der Waals surface area contributed by atoms with Crippen LogP contribution in [0.2, 0.25) is 0 Å². The van der Waals surface area contributed by atoms with E-state index in [1.807, 2.05) is 0 Å². The normalized spacial score (nSPS) is 13.1. The highest BCUT2D eigenvalue weighted by Gasteiger charge is 2.19. The van der Waals surface area contributed by atoms with Crippen molar-refractivity contribution in [1.82, 2.24) is 0 Å². The van der Waals surface area contributed by atoms with Crippen molar-refractivity contribution in [3.8, 4) is 0 Å². The van der Waals surface area contributed by atoms with Crippen LogP contribution in [-0.2, 0) is 4.79 Å². The van der Waals surface area contributed by atoms with Gasteiger partial charge in [-0.3, -0.25) is 4.79 Å². The van der Waals surface area contributed by atoms with Gasteiger partial charge in [0.2, 0.25) is 0 Å². The van der Waals surface area contributed by atoms with E-state index < -0.39 is 0 Å². The number of rotatable bonds is 9. The second-order valence-corrected chi connectivity index (χ2v) is 4.72. The average Bonchev–Trinajstić information content (AvgIpc) is 2.18. The molecule has 0 fully saturated rings. The largest absolute Gasteiger partial charge is 0.330 e. The minimum absolute atomic E-state index is 0.0798. The third-order valence-corrected chi connectivity index (χ3v) is 3.00. The Morgan fingerprint density at radius 2 is 1.73 bits per heavy atom. The van der Waals surface area contributed by atoms with Crippen molar-refractivity contribution in [2.75, 3.05) is 6.54 Å². The molecule has 0 aromatic rings. The standard InChI is InChI=1S/C13H27NO/c1-4-5-6-7-8-9-13(15)12(10-14)11(2)3/h11-12H,4-10,14H2,1-3H3. The van der Waals surface area contributed by atoms with Gasteiger partial charge in [-0.1, -0.05) is 46.5 Å². The maximum absolute atomic E-state index is 11.8. The summed E-state index contributed by atoms with van der Waals surface area (Å²) in [6.45, 7) is 6.86. The van der Waals surface area contributed by atoms with Crippen LogP contribution in [0.4, 0.5) is 0 Å². The first-order valence-electron chi connectivity index (χ1n) is 6.36. The first-order chi connectivity index (χ1) is 7.13. The topological polar surface area (TPSA) is 43.1 Å². The van der Waals surface area contributed by atoms with E-state index in [4.69, 9.17) is 5.73 Å². The van der Waals surface area contributed by atoms with Crippen molar-refractivity contribution in [2.45, 2.75) is 59.3 Å². The number of carbonyl (C=O) groups is 1. The highest BCUT2D eigenvalue weighted by molar-refractivity contribution is 5.81. The maximum Gasteiger partial charge on any atom is 0.137 e. The SMILES string of the molecule is CCCCCCCC(=O)C(CN)C(C)C. The van der Waals surface area contributed by atoms with Gasteiger partial charge in [0.25, 0.3) is 0 Å². The van der Waals surface area contributed by atoms with Gasteiger partial charge in [-0.15, -0.1) is 0 Å². The molecule has 1 atom stereocenters. The number of Topliss-reactive ketones (excluding diaryl/α,β-unsaturated/α-hetero) is 1. The van der Waals surface area contributed by atoms with E-state index >= 15 is 0 Å². The molecular formula is C13H27NO. The third-order valence-electron chi connectivity index (χ3n) is 3.00. The Bertz CT molecular complexity index is 166. The molecule has 0 radical (unpaired) electrons. The van der Waals surface area contributed by atoms with Crippen molar-refractivity contribution < 1.29 is 4.79 Å². The summed E-state index contributed by atoms with van der Waals surface area (Å²) in [5.74, 6) is 0.832. The molecule has 0 aromatic carbocycles.